The third-order valence-corrected chi connectivity index (χ3v) is 4.14. The highest BCUT2D eigenvalue weighted by atomic mass is 19.1. The summed E-state index contributed by atoms with van der Waals surface area (Å²) in [6, 6.07) is 11.9. The van der Waals surface area contributed by atoms with Crippen molar-refractivity contribution in [1.82, 2.24) is 10.6 Å². The molecule has 7 nitrogen and oxygen atoms in total. The van der Waals surface area contributed by atoms with Gasteiger partial charge in [0.2, 0.25) is 0 Å². The van der Waals surface area contributed by atoms with Gasteiger partial charge >= 0.3 is 12.1 Å². The maximum Gasteiger partial charge on any atom is 0.326 e. The van der Waals surface area contributed by atoms with Crippen molar-refractivity contribution in [3.05, 3.63) is 54.3 Å². The summed E-state index contributed by atoms with van der Waals surface area (Å²) < 4.78 is 18.5. The van der Waals surface area contributed by atoms with Gasteiger partial charge in [-0.05, 0) is 42.8 Å². The first-order valence-corrected chi connectivity index (χ1v) is 9.53. The van der Waals surface area contributed by atoms with Crippen LogP contribution in [0.2, 0.25) is 0 Å². The first-order valence-electron chi connectivity index (χ1n) is 9.53. The van der Waals surface area contributed by atoms with E-state index >= 15 is 0 Å². The Balaban J connectivity index is 2.03. The molecule has 0 spiro atoms. The number of benzene rings is 2. The number of carbonyl (C=O) groups is 2. The third-order valence-electron chi connectivity index (χ3n) is 4.14. The van der Waals surface area contributed by atoms with Crippen LogP contribution in [0.5, 0.6) is 5.75 Å². The summed E-state index contributed by atoms with van der Waals surface area (Å²) >= 11 is 0. The Hall–Kier alpha value is -3.29. The summed E-state index contributed by atoms with van der Waals surface area (Å²) in [6.07, 6.45) is 1.89. The highest BCUT2D eigenvalue weighted by Crippen LogP contribution is 2.19. The van der Waals surface area contributed by atoms with Gasteiger partial charge in [-0.1, -0.05) is 19.4 Å². The number of unbranched alkanes of at least 4 members (excludes halogenated alkanes) is 1. The quantitative estimate of drug-likeness (QED) is 0.555. The molecule has 4 amide bonds. The summed E-state index contributed by atoms with van der Waals surface area (Å²) in [5, 5.41) is 8.27. The van der Waals surface area contributed by atoms with Crippen LogP contribution < -0.4 is 25.6 Å². The lowest BCUT2D eigenvalue weighted by Gasteiger charge is -2.23. The molecule has 0 radical (unpaired) electrons. The second-order valence-corrected chi connectivity index (χ2v) is 6.33. The van der Waals surface area contributed by atoms with Gasteiger partial charge in [0.05, 0.1) is 7.11 Å². The van der Waals surface area contributed by atoms with Crippen LogP contribution in [-0.2, 0) is 0 Å². The Morgan fingerprint density at radius 2 is 1.79 bits per heavy atom. The van der Waals surface area contributed by atoms with Gasteiger partial charge in [-0.2, -0.15) is 0 Å². The highest BCUT2D eigenvalue weighted by Gasteiger charge is 2.16. The van der Waals surface area contributed by atoms with Crippen LogP contribution in [-0.4, -0.2) is 38.8 Å². The molecule has 2 rings (SSSR count). The molecule has 156 valence electrons. The van der Waals surface area contributed by atoms with Gasteiger partial charge in [-0.15, -0.1) is 0 Å². The Kier molecular flexibility index (Phi) is 8.75. The average Bonchev–Trinajstić information content (AvgIpc) is 2.72. The standard InChI is InChI=1S/C21H27FN4O3/c1-3-4-12-23-20(27)24-13-14-26(18-10-8-16(22)9-11-18)21(28)25-17-6-5-7-19(15-17)29-2/h5-11,15H,3-4,12-14H2,1-2H3,(H,25,28)(H2,23,24,27). The summed E-state index contributed by atoms with van der Waals surface area (Å²) in [5.41, 5.74) is 1.08. The van der Waals surface area contributed by atoms with Gasteiger partial charge in [0.1, 0.15) is 11.6 Å². The van der Waals surface area contributed by atoms with Crippen molar-refractivity contribution in [2.45, 2.75) is 19.8 Å². The molecule has 0 atom stereocenters. The lowest BCUT2D eigenvalue weighted by molar-refractivity contribution is 0.240. The second kappa shape index (κ2) is 11.5. The highest BCUT2D eigenvalue weighted by molar-refractivity contribution is 6.01. The Bertz CT molecular complexity index is 799. The molecular formula is C21H27FN4O3. The topological polar surface area (TPSA) is 82.7 Å². The van der Waals surface area contributed by atoms with Gasteiger partial charge in [-0.3, -0.25) is 4.90 Å². The molecule has 0 bridgehead atoms. The van der Waals surface area contributed by atoms with E-state index in [0.29, 0.717) is 23.7 Å². The van der Waals surface area contributed by atoms with Crippen molar-refractivity contribution in [2.75, 3.05) is 37.0 Å². The van der Waals surface area contributed by atoms with Crippen molar-refractivity contribution in [3.63, 3.8) is 0 Å². The number of methoxy groups -OCH3 is 1. The number of carbonyl (C=O) groups excluding carboxylic acids is 2. The number of nitrogens with zero attached hydrogens (tertiary/aromatic N) is 1. The van der Waals surface area contributed by atoms with E-state index in [1.807, 2.05) is 6.92 Å². The summed E-state index contributed by atoms with van der Waals surface area (Å²) in [4.78, 5) is 26.1. The predicted molar refractivity (Wildman–Crippen MR) is 112 cm³/mol. The average molecular weight is 402 g/mol. The number of anilines is 2. The van der Waals surface area contributed by atoms with Crippen LogP contribution in [0.3, 0.4) is 0 Å². The third kappa shape index (κ3) is 7.33. The van der Waals surface area contributed by atoms with E-state index in [1.54, 1.807) is 31.4 Å². The lowest BCUT2D eigenvalue weighted by Crippen LogP contribution is -2.43. The predicted octanol–water partition coefficient (Wildman–Crippen LogP) is 3.97. The molecule has 0 unspecified atom stereocenters. The molecule has 0 saturated heterocycles. The first kappa shape index (κ1) is 22.0. The minimum atomic E-state index is -0.405. The van der Waals surface area contributed by atoms with Crippen molar-refractivity contribution < 1.29 is 18.7 Å². The molecule has 0 saturated carbocycles. The molecule has 0 aliphatic rings. The van der Waals surface area contributed by atoms with Crippen molar-refractivity contribution >= 4 is 23.4 Å². The second-order valence-electron chi connectivity index (χ2n) is 6.33. The lowest BCUT2D eigenvalue weighted by atomic mass is 10.2. The van der Waals surface area contributed by atoms with Crippen LogP contribution in [0, 0.1) is 5.82 Å². The van der Waals surface area contributed by atoms with Crippen LogP contribution in [0.4, 0.5) is 25.4 Å². The summed E-state index contributed by atoms with van der Waals surface area (Å²) in [5.74, 6) is 0.219. The van der Waals surface area contributed by atoms with E-state index in [0.717, 1.165) is 12.8 Å². The van der Waals surface area contributed by atoms with E-state index in [1.165, 1.54) is 29.2 Å². The molecule has 2 aromatic carbocycles. The fourth-order valence-electron chi connectivity index (χ4n) is 2.58. The van der Waals surface area contributed by atoms with E-state index in [2.05, 4.69) is 16.0 Å². The van der Waals surface area contributed by atoms with Crippen LogP contribution in [0.1, 0.15) is 19.8 Å². The number of halogens is 1. The van der Waals surface area contributed by atoms with Crippen molar-refractivity contribution in [3.8, 4) is 5.75 Å². The van der Waals surface area contributed by atoms with Gasteiger partial charge in [0.15, 0.2) is 0 Å². The zero-order valence-corrected chi connectivity index (χ0v) is 16.7. The number of hydrogen-bond acceptors (Lipinski definition) is 3. The molecule has 3 N–H and O–H groups in total. The van der Waals surface area contributed by atoms with Crippen LogP contribution in [0.15, 0.2) is 48.5 Å². The number of rotatable bonds is 9. The fourth-order valence-corrected chi connectivity index (χ4v) is 2.58. The molecule has 2 aromatic rings. The molecule has 0 aliphatic carbocycles. The SMILES string of the molecule is CCCCNC(=O)NCCN(C(=O)Nc1cccc(OC)c1)c1ccc(F)cc1. The van der Waals surface area contributed by atoms with E-state index < -0.39 is 11.8 Å². The summed E-state index contributed by atoms with van der Waals surface area (Å²) in [6.45, 7) is 3.09. The molecule has 0 aliphatic heterocycles. The molecule has 8 heteroatoms. The van der Waals surface area contributed by atoms with Gasteiger partial charge in [0.25, 0.3) is 0 Å². The maximum atomic E-state index is 13.3. The number of ether oxygens (including phenoxy) is 1. The van der Waals surface area contributed by atoms with E-state index in [-0.39, 0.29) is 19.1 Å². The maximum absolute atomic E-state index is 13.3. The largest absolute Gasteiger partial charge is 0.497 e. The number of amides is 4. The normalized spacial score (nSPS) is 10.2. The number of urea groups is 2. The molecule has 0 fully saturated rings. The smallest absolute Gasteiger partial charge is 0.326 e. The van der Waals surface area contributed by atoms with Crippen LogP contribution >= 0.6 is 0 Å². The Labute approximate surface area is 170 Å². The number of nitrogens with one attached hydrogen (secondary N) is 3. The van der Waals surface area contributed by atoms with Crippen molar-refractivity contribution in [1.29, 1.82) is 0 Å². The van der Waals surface area contributed by atoms with E-state index in [4.69, 9.17) is 4.74 Å². The fraction of sp³-hybridized carbons (Fsp3) is 0.333. The molecule has 0 aromatic heterocycles. The molecule has 0 heterocycles. The minimum absolute atomic E-state index is 0.211. The van der Waals surface area contributed by atoms with Gasteiger partial charge in [-0.25, -0.2) is 14.0 Å². The Morgan fingerprint density at radius 1 is 1.07 bits per heavy atom. The van der Waals surface area contributed by atoms with Crippen LogP contribution in [0.25, 0.3) is 0 Å². The first-order chi connectivity index (χ1) is 14.0. The monoisotopic (exact) mass is 402 g/mol. The molecular weight excluding hydrogens is 375 g/mol. The number of hydrogen-bond donors (Lipinski definition) is 3. The zero-order chi connectivity index (χ0) is 21.1. The molecule has 29 heavy (non-hydrogen) atoms. The van der Waals surface area contributed by atoms with Crippen molar-refractivity contribution in [2.24, 2.45) is 0 Å². The zero-order valence-electron chi connectivity index (χ0n) is 16.7. The van der Waals surface area contributed by atoms with Gasteiger partial charge in [0, 0.05) is 37.1 Å². The van der Waals surface area contributed by atoms with Gasteiger partial charge < -0.3 is 20.7 Å². The summed E-state index contributed by atoms with van der Waals surface area (Å²) in [7, 11) is 1.54. The van der Waals surface area contributed by atoms with E-state index in [9.17, 15) is 14.0 Å². The Morgan fingerprint density at radius 3 is 2.48 bits per heavy atom. The minimum Gasteiger partial charge on any atom is -0.497 e.